The molecular weight excluding hydrogens is 170 g/mol. The van der Waals surface area contributed by atoms with Crippen molar-refractivity contribution in [3.05, 3.63) is 12.2 Å². The number of likely N-dealkylation sites (N-methyl/N-ethyl adjacent to an activating group) is 1. The monoisotopic (exact) mass is 189 g/mol. The summed E-state index contributed by atoms with van der Waals surface area (Å²) in [6, 6.07) is 0. The minimum Gasteiger partial charge on any atom is -0.302 e. The fourth-order valence-corrected chi connectivity index (χ4v) is 1.23. The van der Waals surface area contributed by atoms with Gasteiger partial charge in [0.15, 0.2) is 0 Å². The highest BCUT2D eigenvalue weighted by molar-refractivity contribution is 6.19. The van der Waals surface area contributed by atoms with Gasteiger partial charge in [0, 0.05) is 19.0 Å². The van der Waals surface area contributed by atoms with Crippen LogP contribution in [0.2, 0.25) is 0 Å². The van der Waals surface area contributed by atoms with Crippen LogP contribution in [0, 0.1) is 5.92 Å². The molecule has 0 aliphatic rings. The van der Waals surface area contributed by atoms with E-state index in [2.05, 4.69) is 32.4 Å². The zero-order valence-corrected chi connectivity index (χ0v) is 9.19. The summed E-state index contributed by atoms with van der Waals surface area (Å²) in [5.74, 6) is 1.34. The van der Waals surface area contributed by atoms with Crippen molar-refractivity contribution in [2.75, 3.05) is 26.0 Å². The van der Waals surface area contributed by atoms with Gasteiger partial charge < -0.3 is 4.90 Å². The maximum Gasteiger partial charge on any atom is 0.0443 e. The SMILES string of the molecule is C=C(CCl)CN(C)CC(C)CC. The van der Waals surface area contributed by atoms with Crippen molar-refractivity contribution < 1.29 is 0 Å². The Kier molecular flexibility index (Phi) is 6.49. The molecule has 0 radical (unpaired) electrons. The molecule has 0 rings (SSSR count). The van der Waals surface area contributed by atoms with E-state index in [0.29, 0.717) is 5.88 Å². The molecule has 0 aromatic heterocycles. The Balaban J connectivity index is 3.58. The minimum absolute atomic E-state index is 0.574. The van der Waals surface area contributed by atoms with Gasteiger partial charge >= 0.3 is 0 Å². The highest BCUT2D eigenvalue weighted by Gasteiger charge is 2.04. The number of hydrogen-bond acceptors (Lipinski definition) is 1. The summed E-state index contributed by atoms with van der Waals surface area (Å²) in [4.78, 5) is 2.28. The van der Waals surface area contributed by atoms with Gasteiger partial charge in [0.05, 0.1) is 0 Å². The second kappa shape index (κ2) is 6.50. The molecule has 2 heteroatoms. The van der Waals surface area contributed by atoms with Crippen molar-refractivity contribution in [3.8, 4) is 0 Å². The van der Waals surface area contributed by atoms with Gasteiger partial charge in [-0.1, -0.05) is 26.8 Å². The van der Waals surface area contributed by atoms with Crippen LogP contribution >= 0.6 is 11.6 Å². The Labute approximate surface area is 81.4 Å². The third-order valence-electron chi connectivity index (χ3n) is 2.00. The van der Waals surface area contributed by atoms with Crippen LogP contribution in [0.15, 0.2) is 12.2 Å². The first kappa shape index (κ1) is 12.0. The van der Waals surface area contributed by atoms with E-state index >= 15 is 0 Å². The molecule has 0 aliphatic heterocycles. The summed E-state index contributed by atoms with van der Waals surface area (Å²) in [5.41, 5.74) is 1.10. The first-order chi connectivity index (χ1) is 5.60. The molecule has 0 bridgehead atoms. The quantitative estimate of drug-likeness (QED) is 0.459. The molecule has 0 fully saturated rings. The highest BCUT2D eigenvalue weighted by Crippen LogP contribution is 2.04. The van der Waals surface area contributed by atoms with Crippen LogP contribution in [-0.2, 0) is 0 Å². The van der Waals surface area contributed by atoms with E-state index in [0.717, 1.165) is 24.6 Å². The molecule has 0 heterocycles. The third-order valence-corrected chi connectivity index (χ3v) is 2.38. The highest BCUT2D eigenvalue weighted by atomic mass is 35.5. The van der Waals surface area contributed by atoms with Gasteiger partial charge in [-0.15, -0.1) is 11.6 Å². The van der Waals surface area contributed by atoms with Crippen molar-refractivity contribution in [1.82, 2.24) is 4.90 Å². The third kappa shape index (κ3) is 5.62. The zero-order valence-electron chi connectivity index (χ0n) is 8.44. The predicted octanol–water partition coefficient (Wildman–Crippen LogP) is 2.76. The average Bonchev–Trinajstić information content (AvgIpc) is 2.03. The lowest BCUT2D eigenvalue weighted by molar-refractivity contribution is 0.302. The van der Waals surface area contributed by atoms with Gasteiger partial charge in [-0.05, 0) is 18.5 Å². The van der Waals surface area contributed by atoms with E-state index in [1.807, 2.05) is 0 Å². The first-order valence-corrected chi connectivity index (χ1v) is 5.04. The van der Waals surface area contributed by atoms with E-state index in [-0.39, 0.29) is 0 Å². The standard InChI is InChI=1S/C10H20ClN/c1-5-9(2)7-12(4)8-10(3)6-11/h9H,3,5-8H2,1-2,4H3. The van der Waals surface area contributed by atoms with Crippen molar-refractivity contribution in [2.24, 2.45) is 5.92 Å². The Morgan fingerprint density at radius 2 is 2.17 bits per heavy atom. The van der Waals surface area contributed by atoms with Crippen LogP contribution < -0.4 is 0 Å². The molecule has 1 nitrogen and oxygen atoms in total. The van der Waals surface area contributed by atoms with E-state index in [1.54, 1.807) is 0 Å². The van der Waals surface area contributed by atoms with E-state index < -0.39 is 0 Å². The Bertz CT molecular complexity index is 134. The number of alkyl halides is 1. The van der Waals surface area contributed by atoms with E-state index in [4.69, 9.17) is 11.6 Å². The molecule has 72 valence electrons. The molecule has 12 heavy (non-hydrogen) atoms. The fourth-order valence-electron chi connectivity index (χ4n) is 1.15. The smallest absolute Gasteiger partial charge is 0.0443 e. The van der Waals surface area contributed by atoms with Gasteiger partial charge in [-0.2, -0.15) is 0 Å². The van der Waals surface area contributed by atoms with E-state index in [9.17, 15) is 0 Å². The molecule has 0 saturated heterocycles. The maximum atomic E-state index is 5.64. The number of halogens is 1. The maximum absolute atomic E-state index is 5.64. The Hall–Kier alpha value is -0.0100. The second-order valence-electron chi connectivity index (χ2n) is 3.59. The summed E-state index contributed by atoms with van der Waals surface area (Å²) < 4.78 is 0. The topological polar surface area (TPSA) is 3.24 Å². The van der Waals surface area contributed by atoms with Crippen LogP contribution in [0.5, 0.6) is 0 Å². The summed E-state index contributed by atoms with van der Waals surface area (Å²) >= 11 is 5.64. The number of nitrogens with zero attached hydrogens (tertiary/aromatic N) is 1. The van der Waals surface area contributed by atoms with Gasteiger partial charge in [-0.3, -0.25) is 0 Å². The summed E-state index contributed by atoms with van der Waals surface area (Å²) in [7, 11) is 2.11. The van der Waals surface area contributed by atoms with Crippen LogP contribution in [0.3, 0.4) is 0 Å². The molecule has 0 saturated carbocycles. The van der Waals surface area contributed by atoms with Gasteiger partial charge in [-0.25, -0.2) is 0 Å². The van der Waals surface area contributed by atoms with Gasteiger partial charge in [0.1, 0.15) is 0 Å². The lowest BCUT2D eigenvalue weighted by Crippen LogP contribution is -2.26. The largest absolute Gasteiger partial charge is 0.302 e. The number of hydrogen-bond donors (Lipinski definition) is 0. The molecule has 0 spiro atoms. The van der Waals surface area contributed by atoms with Crippen molar-refractivity contribution in [2.45, 2.75) is 20.3 Å². The van der Waals surface area contributed by atoms with Crippen molar-refractivity contribution in [1.29, 1.82) is 0 Å². The summed E-state index contributed by atoms with van der Waals surface area (Å²) in [5, 5.41) is 0. The molecule has 1 atom stereocenters. The van der Waals surface area contributed by atoms with Gasteiger partial charge in [0.25, 0.3) is 0 Å². The van der Waals surface area contributed by atoms with Crippen molar-refractivity contribution >= 4 is 11.6 Å². The molecule has 0 aliphatic carbocycles. The average molecular weight is 190 g/mol. The lowest BCUT2D eigenvalue weighted by Gasteiger charge is -2.20. The second-order valence-corrected chi connectivity index (χ2v) is 3.86. The lowest BCUT2D eigenvalue weighted by atomic mass is 10.1. The van der Waals surface area contributed by atoms with Crippen LogP contribution in [-0.4, -0.2) is 30.9 Å². The van der Waals surface area contributed by atoms with Gasteiger partial charge in [0.2, 0.25) is 0 Å². The van der Waals surface area contributed by atoms with Crippen LogP contribution in [0.25, 0.3) is 0 Å². The molecule has 0 aromatic rings. The van der Waals surface area contributed by atoms with Crippen LogP contribution in [0.4, 0.5) is 0 Å². The molecular formula is C10H20ClN. The first-order valence-electron chi connectivity index (χ1n) is 4.51. The minimum atomic E-state index is 0.574. The molecule has 0 amide bonds. The predicted molar refractivity (Wildman–Crippen MR) is 56.8 cm³/mol. The summed E-state index contributed by atoms with van der Waals surface area (Å²) in [6.45, 7) is 10.4. The number of rotatable bonds is 6. The Morgan fingerprint density at radius 3 is 2.58 bits per heavy atom. The van der Waals surface area contributed by atoms with Crippen molar-refractivity contribution in [3.63, 3.8) is 0 Å². The van der Waals surface area contributed by atoms with E-state index in [1.165, 1.54) is 6.42 Å². The Morgan fingerprint density at radius 1 is 1.58 bits per heavy atom. The molecule has 0 aromatic carbocycles. The summed E-state index contributed by atoms with van der Waals surface area (Å²) in [6.07, 6.45) is 1.23. The van der Waals surface area contributed by atoms with Crippen LogP contribution in [0.1, 0.15) is 20.3 Å². The normalized spacial score (nSPS) is 13.4. The fraction of sp³-hybridized carbons (Fsp3) is 0.800. The molecule has 0 N–H and O–H groups in total. The molecule has 1 unspecified atom stereocenters. The zero-order chi connectivity index (χ0) is 9.56.